The number of carbonyl (C=O) groups excluding carboxylic acids is 1. The second-order valence-corrected chi connectivity index (χ2v) is 10.3. The standard InChI is InChI=1S/C20H30O5/c1-16-5-3-6-18(11-25-15(16)22)13(16)8-14(21)19-9-12(17(2,23)10-19)4-7-20(18,19)24/h12-14,21,23-24H,3-11H2,1-2H3/t12-,13-,14+,16-,17-,18+,19+,20-/m1/s1. The molecule has 0 radical (unpaired) electrons. The maximum absolute atomic E-state index is 12.6. The molecule has 4 aliphatic carbocycles. The smallest absolute Gasteiger partial charge is 0.312 e. The molecule has 1 aliphatic heterocycles. The highest BCUT2D eigenvalue weighted by Gasteiger charge is 2.79. The maximum atomic E-state index is 12.6. The van der Waals surface area contributed by atoms with Gasteiger partial charge in [0.1, 0.15) is 0 Å². The van der Waals surface area contributed by atoms with Gasteiger partial charge in [0.25, 0.3) is 0 Å². The fraction of sp³-hybridized carbons (Fsp3) is 0.950. The number of cyclic esters (lactones) is 1. The van der Waals surface area contributed by atoms with Gasteiger partial charge < -0.3 is 20.1 Å². The third-order valence-corrected chi connectivity index (χ3v) is 9.44. The van der Waals surface area contributed by atoms with E-state index in [2.05, 4.69) is 0 Å². The van der Waals surface area contributed by atoms with Crippen LogP contribution in [0.25, 0.3) is 0 Å². The summed E-state index contributed by atoms with van der Waals surface area (Å²) in [7, 11) is 0. The molecule has 0 amide bonds. The van der Waals surface area contributed by atoms with Gasteiger partial charge in [-0.25, -0.2) is 0 Å². The first-order valence-electron chi connectivity index (χ1n) is 9.91. The van der Waals surface area contributed by atoms with Crippen molar-refractivity contribution in [1.29, 1.82) is 0 Å². The molecule has 3 N–H and O–H groups in total. The average molecular weight is 350 g/mol. The lowest BCUT2D eigenvalue weighted by Gasteiger charge is -2.70. The zero-order chi connectivity index (χ0) is 17.9. The van der Waals surface area contributed by atoms with E-state index in [1.807, 2.05) is 13.8 Å². The van der Waals surface area contributed by atoms with Crippen LogP contribution in [0, 0.1) is 28.1 Å². The quantitative estimate of drug-likeness (QED) is 0.580. The molecule has 1 spiro atoms. The molecule has 5 rings (SSSR count). The summed E-state index contributed by atoms with van der Waals surface area (Å²) in [5.74, 6) is -0.0640. The summed E-state index contributed by atoms with van der Waals surface area (Å²) >= 11 is 0. The Bertz CT molecular complexity index is 646. The lowest BCUT2D eigenvalue weighted by atomic mass is 9.37. The van der Waals surface area contributed by atoms with Gasteiger partial charge >= 0.3 is 5.97 Å². The van der Waals surface area contributed by atoms with E-state index < -0.39 is 33.6 Å². The van der Waals surface area contributed by atoms with E-state index in [9.17, 15) is 20.1 Å². The summed E-state index contributed by atoms with van der Waals surface area (Å²) in [4.78, 5) is 12.6. The van der Waals surface area contributed by atoms with Gasteiger partial charge in [-0.2, -0.15) is 0 Å². The minimum Gasteiger partial charge on any atom is -0.465 e. The molecule has 5 aliphatic rings. The van der Waals surface area contributed by atoms with E-state index in [4.69, 9.17) is 4.74 Å². The van der Waals surface area contributed by atoms with Gasteiger partial charge in [-0.3, -0.25) is 4.79 Å². The molecule has 0 aromatic carbocycles. The van der Waals surface area contributed by atoms with Crippen molar-refractivity contribution in [3.8, 4) is 0 Å². The molecule has 5 fully saturated rings. The average Bonchev–Trinajstić information content (AvgIpc) is 2.77. The van der Waals surface area contributed by atoms with E-state index in [-0.39, 0.29) is 24.4 Å². The number of ether oxygens (including phenoxy) is 1. The van der Waals surface area contributed by atoms with Crippen molar-refractivity contribution in [2.75, 3.05) is 6.61 Å². The predicted octanol–water partition coefficient (Wildman–Crippen LogP) is 1.77. The van der Waals surface area contributed by atoms with Crippen molar-refractivity contribution in [2.24, 2.45) is 28.1 Å². The molecule has 5 heteroatoms. The lowest BCUT2D eigenvalue weighted by Crippen LogP contribution is -2.76. The van der Waals surface area contributed by atoms with Crippen LogP contribution in [0.1, 0.15) is 65.2 Å². The first kappa shape index (κ1) is 16.5. The highest BCUT2D eigenvalue weighted by molar-refractivity contribution is 5.78. The largest absolute Gasteiger partial charge is 0.465 e. The fourth-order valence-electron chi connectivity index (χ4n) is 8.20. The lowest BCUT2D eigenvalue weighted by molar-refractivity contribution is -0.322. The first-order chi connectivity index (χ1) is 11.6. The topological polar surface area (TPSA) is 87.0 Å². The first-order valence-corrected chi connectivity index (χ1v) is 9.91. The number of carbonyl (C=O) groups is 1. The number of hydrogen-bond acceptors (Lipinski definition) is 5. The molecule has 1 heterocycles. The zero-order valence-electron chi connectivity index (χ0n) is 15.3. The zero-order valence-corrected chi connectivity index (χ0v) is 15.3. The van der Waals surface area contributed by atoms with Crippen LogP contribution in [0.3, 0.4) is 0 Å². The van der Waals surface area contributed by atoms with Crippen LogP contribution in [-0.2, 0) is 9.53 Å². The molecular formula is C20H30O5. The molecule has 8 atom stereocenters. The van der Waals surface area contributed by atoms with Crippen molar-refractivity contribution < 1.29 is 24.9 Å². The maximum Gasteiger partial charge on any atom is 0.312 e. The third kappa shape index (κ3) is 1.57. The Morgan fingerprint density at radius 3 is 2.64 bits per heavy atom. The molecule has 5 nitrogen and oxygen atoms in total. The van der Waals surface area contributed by atoms with Gasteiger partial charge in [0.15, 0.2) is 0 Å². The SMILES string of the molecule is C[C@]12CCC[C@]3(COC1=O)[C@@H]2C[C@H](O)[C@@]12C[C@@H](CC[C@]13O)[C@](C)(O)C2. The van der Waals surface area contributed by atoms with Crippen LogP contribution in [0.5, 0.6) is 0 Å². The molecule has 0 aromatic heterocycles. The molecule has 0 unspecified atom stereocenters. The Morgan fingerprint density at radius 1 is 1.12 bits per heavy atom. The van der Waals surface area contributed by atoms with Gasteiger partial charge in [-0.1, -0.05) is 6.42 Å². The van der Waals surface area contributed by atoms with Crippen molar-refractivity contribution in [2.45, 2.75) is 82.5 Å². The highest BCUT2D eigenvalue weighted by atomic mass is 16.5. The summed E-state index contributed by atoms with van der Waals surface area (Å²) in [5, 5.41) is 34.4. The van der Waals surface area contributed by atoms with Gasteiger partial charge in [0.05, 0.1) is 29.3 Å². The normalized spacial score (nSPS) is 62.8. The Labute approximate surface area is 148 Å². The minimum atomic E-state index is -1.07. The van der Waals surface area contributed by atoms with E-state index >= 15 is 0 Å². The fourth-order valence-corrected chi connectivity index (χ4v) is 8.20. The number of esters is 1. The molecule has 25 heavy (non-hydrogen) atoms. The van der Waals surface area contributed by atoms with Gasteiger partial charge in [0.2, 0.25) is 0 Å². The number of hydrogen-bond donors (Lipinski definition) is 3. The number of aliphatic hydroxyl groups is 3. The van der Waals surface area contributed by atoms with E-state index in [1.165, 1.54) is 0 Å². The minimum absolute atomic E-state index is 0.0391. The molecular weight excluding hydrogens is 320 g/mol. The van der Waals surface area contributed by atoms with Crippen LogP contribution in [0.15, 0.2) is 0 Å². The summed E-state index contributed by atoms with van der Waals surface area (Å²) in [6.07, 6.45) is 4.89. The van der Waals surface area contributed by atoms with Gasteiger partial charge in [-0.15, -0.1) is 0 Å². The Morgan fingerprint density at radius 2 is 1.88 bits per heavy atom. The molecule has 4 bridgehead atoms. The van der Waals surface area contributed by atoms with Crippen LogP contribution in [0.2, 0.25) is 0 Å². The van der Waals surface area contributed by atoms with E-state index in [1.54, 1.807) is 0 Å². The Hall–Kier alpha value is -0.650. The number of aliphatic hydroxyl groups excluding tert-OH is 1. The van der Waals surface area contributed by atoms with Crippen LogP contribution in [-0.4, -0.2) is 45.2 Å². The van der Waals surface area contributed by atoms with Crippen LogP contribution >= 0.6 is 0 Å². The second-order valence-electron chi connectivity index (χ2n) is 10.3. The molecule has 0 aromatic rings. The Balaban J connectivity index is 1.70. The molecule has 1 saturated heterocycles. The van der Waals surface area contributed by atoms with Crippen molar-refractivity contribution in [3.05, 3.63) is 0 Å². The number of fused-ring (bicyclic) bond motifs is 1. The predicted molar refractivity (Wildman–Crippen MR) is 89.4 cm³/mol. The van der Waals surface area contributed by atoms with Crippen molar-refractivity contribution in [1.82, 2.24) is 0 Å². The highest BCUT2D eigenvalue weighted by Crippen LogP contribution is 2.75. The number of rotatable bonds is 0. The third-order valence-electron chi connectivity index (χ3n) is 9.44. The molecule has 4 saturated carbocycles. The summed E-state index contributed by atoms with van der Waals surface area (Å²) in [5.41, 5.74) is -3.65. The monoisotopic (exact) mass is 350 g/mol. The summed E-state index contributed by atoms with van der Waals surface area (Å²) in [6, 6.07) is 0. The summed E-state index contributed by atoms with van der Waals surface area (Å²) < 4.78 is 5.67. The van der Waals surface area contributed by atoms with Gasteiger partial charge in [0, 0.05) is 10.8 Å². The van der Waals surface area contributed by atoms with Crippen LogP contribution in [0.4, 0.5) is 0 Å². The molecule has 140 valence electrons. The summed E-state index contributed by atoms with van der Waals surface area (Å²) in [6.45, 7) is 4.10. The van der Waals surface area contributed by atoms with Crippen molar-refractivity contribution >= 4 is 5.97 Å². The van der Waals surface area contributed by atoms with Crippen molar-refractivity contribution in [3.63, 3.8) is 0 Å². The van der Waals surface area contributed by atoms with Gasteiger partial charge in [-0.05, 0) is 70.6 Å². The van der Waals surface area contributed by atoms with Crippen LogP contribution < -0.4 is 0 Å². The Kier molecular flexibility index (Phi) is 2.92. The van der Waals surface area contributed by atoms with E-state index in [0.29, 0.717) is 25.7 Å². The van der Waals surface area contributed by atoms with E-state index in [0.717, 1.165) is 25.7 Å². The second kappa shape index (κ2) is 4.42.